The van der Waals surface area contributed by atoms with E-state index in [1.807, 2.05) is 0 Å². The standard InChI is InChI=1S/C17H17N3O2/c1-19-12-6-7-13(20-9-8-18)15-14(12)16(21)10-4-2-3-5-11(10)17(15)22/h2-7,19-20H,8-9,18H2,1H3. The largest absolute Gasteiger partial charge is 0.388 e. The minimum atomic E-state index is -0.137. The van der Waals surface area contributed by atoms with Crippen LogP contribution in [0, 0.1) is 0 Å². The Kier molecular flexibility index (Phi) is 3.65. The van der Waals surface area contributed by atoms with Crippen molar-refractivity contribution in [1.29, 1.82) is 0 Å². The number of ketones is 2. The second-order valence-corrected chi connectivity index (χ2v) is 5.08. The lowest BCUT2D eigenvalue weighted by atomic mass is 9.82. The van der Waals surface area contributed by atoms with E-state index < -0.39 is 0 Å². The van der Waals surface area contributed by atoms with Crippen molar-refractivity contribution >= 4 is 22.9 Å². The quantitative estimate of drug-likeness (QED) is 0.684. The van der Waals surface area contributed by atoms with E-state index in [2.05, 4.69) is 10.6 Å². The van der Waals surface area contributed by atoms with Gasteiger partial charge in [0, 0.05) is 42.6 Å². The molecule has 2 aromatic rings. The molecule has 0 atom stereocenters. The maximum absolute atomic E-state index is 12.9. The monoisotopic (exact) mass is 295 g/mol. The Hall–Kier alpha value is -2.66. The summed E-state index contributed by atoms with van der Waals surface area (Å²) in [6, 6.07) is 10.5. The molecule has 2 aromatic carbocycles. The number of fused-ring (bicyclic) bond motifs is 2. The van der Waals surface area contributed by atoms with E-state index in [0.717, 1.165) is 0 Å². The van der Waals surface area contributed by atoms with Crippen LogP contribution in [0.2, 0.25) is 0 Å². The van der Waals surface area contributed by atoms with Crippen LogP contribution < -0.4 is 16.4 Å². The lowest BCUT2D eigenvalue weighted by molar-refractivity contribution is 0.0980. The smallest absolute Gasteiger partial charge is 0.196 e. The number of benzene rings is 2. The highest BCUT2D eigenvalue weighted by Crippen LogP contribution is 2.36. The molecule has 1 aliphatic carbocycles. The normalized spacial score (nSPS) is 12.6. The molecule has 0 unspecified atom stereocenters. The molecule has 0 aromatic heterocycles. The molecule has 5 nitrogen and oxygen atoms in total. The van der Waals surface area contributed by atoms with Crippen LogP contribution in [-0.4, -0.2) is 31.7 Å². The van der Waals surface area contributed by atoms with Crippen molar-refractivity contribution in [3.63, 3.8) is 0 Å². The zero-order chi connectivity index (χ0) is 15.7. The first-order chi connectivity index (χ1) is 10.7. The number of anilines is 2. The molecule has 0 saturated heterocycles. The van der Waals surface area contributed by atoms with Crippen LogP contribution in [0.1, 0.15) is 31.8 Å². The third-order valence-corrected chi connectivity index (χ3v) is 3.80. The molecule has 3 rings (SSSR count). The van der Waals surface area contributed by atoms with Crippen molar-refractivity contribution in [2.45, 2.75) is 0 Å². The molecule has 22 heavy (non-hydrogen) atoms. The highest BCUT2D eigenvalue weighted by molar-refractivity contribution is 6.31. The summed E-state index contributed by atoms with van der Waals surface area (Å²) in [4.78, 5) is 25.7. The molecule has 1 aliphatic rings. The van der Waals surface area contributed by atoms with Crippen LogP contribution in [-0.2, 0) is 0 Å². The van der Waals surface area contributed by atoms with E-state index in [4.69, 9.17) is 5.73 Å². The molecule has 0 radical (unpaired) electrons. The number of rotatable bonds is 4. The SMILES string of the molecule is CNc1ccc(NCCN)c2c1C(=O)c1ccccc1C2=O. The molecule has 4 N–H and O–H groups in total. The van der Waals surface area contributed by atoms with Crippen LogP contribution in [0.4, 0.5) is 11.4 Å². The van der Waals surface area contributed by atoms with Gasteiger partial charge in [0.15, 0.2) is 11.6 Å². The molecule has 0 saturated carbocycles. The fourth-order valence-electron chi connectivity index (χ4n) is 2.79. The second-order valence-electron chi connectivity index (χ2n) is 5.08. The molecular formula is C17H17N3O2. The van der Waals surface area contributed by atoms with Crippen LogP contribution in [0.15, 0.2) is 36.4 Å². The van der Waals surface area contributed by atoms with E-state index in [-0.39, 0.29) is 11.6 Å². The molecule has 0 heterocycles. The molecule has 5 heteroatoms. The number of hydrogen-bond acceptors (Lipinski definition) is 5. The van der Waals surface area contributed by atoms with Crippen molar-refractivity contribution in [3.05, 3.63) is 58.7 Å². The van der Waals surface area contributed by atoms with Gasteiger partial charge in [-0.05, 0) is 12.1 Å². The average molecular weight is 295 g/mol. The minimum absolute atomic E-state index is 0.133. The summed E-state index contributed by atoms with van der Waals surface area (Å²) in [6.45, 7) is 0.982. The van der Waals surface area contributed by atoms with Crippen molar-refractivity contribution in [2.75, 3.05) is 30.8 Å². The molecule has 0 fully saturated rings. The highest BCUT2D eigenvalue weighted by Gasteiger charge is 2.33. The van der Waals surface area contributed by atoms with Crippen molar-refractivity contribution in [2.24, 2.45) is 5.73 Å². The van der Waals surface area contributed by atoms with Gasteiger partial charge in [0.2, 0.25) is 0 Å². The lowest BCUT2D eigenvalue weighted by Crippen LogP contribution is -2.24. The molecule has 0 amide bonds. The molecule has 112 valence electrons. The van der Waals surface area contributed by atoms with E-state index in [1.54, 1.807) is 43.4 Å². The van der Waals surface area contributed by atoms with Gasteiger partial charge in [0.05, 0.1) is 11.1 Å². The number of nitrogens with two attached hydrogens (primary N) is 1. The van der Waals surface area contributed by atoms with Crippen molar-refractivity contribution < 1.29 is 9.59 Å². The Morgan fingerprint density at radius 2 is 1.45 bits per heavy atom. The number of nitrogens with one attached hydrogen (secondary N) is 2. The fraction of sp³-hybridized carbons (Fsp3) is 0.176. The van der Waals surface area contributed by atoms with Crippen molar-refractivity contribution in [1.82, 2.24) is 0 Å². The van der Waals surface area contributed by atoms with E-state index in [1.165, 1.54) is 0 Å². The Morgan fingerprint density at radius 3 is 2.00 bits per heavy atom. The fourth-order valence-corrected chi connectivity index (χ4v) is 2.79. The number of hydrogen-bond donors (Lipinski definition) is 3. The number of carbonyl (C=O) groups excluding carboxylic acids is 2. The predicted octanol–water partition coefficient (Wildman–Crippen LogP) is 1.87. The van der Waals surface area contributed by atoms with Gasteiger partial charge in [-0.15, -0.1) is 0 Å². The summed E-state index contributed by atoms with van der Waals surface area (Å²) in [6.07, 6.45) is 0. The maximum atomic E-state index is 12.9. The highest BCUT2D eigenvalue weighted by atomic mass is 16.1. The summed E-state index contributed by atoms with van der Waals surface area (Å²) in [5.41, 5.74) is 8.56. The van der Waals surface area contributed by atoms with Gasteiger partial charge < -0.3 is 16.4 Å². The third kappa shape index (κ3) is 2.07. The Bertz CT molecular complexity index is 768. The van der Waals surface area contributed by atoms with E-state index in [0.29, 0.717) is 46.7 Å². The second kappa shape index (κ2) is 5.61. The Morgan fingerprint density at radius 1 is 0.909 bits per heavy atom. The Balaban J connectivity index is 2.25. The number of carbonyl (C=O) groups is 2. The minimum Gasteiger partial charge on any atom is -0.388 e. The molecule has 0 bridgehead atoms. The Labute approximate surface area is 128 Å². The van der Waals surface area contributed by atoms with Gasteiger partial charge in [0.1, 0.15) is 0 Å². The van der Waals surface area contributed by atoms with Gasteiger partial charge >= 0.3 is 0 Å². The first-order valence-electron chi connectivity index (χ1n) is 7.16. The molecular weight excluding hydrogens is 278 g/mol. The van der Waals surface area contributed by atoms with Gasteiger partial charge in [-0.1, -0.05) is 24.3 Å². The van der Waals surface area contributed by atoms with Gasteiger partial charge in [0.25, 0.3) is 0 Å². The van der Waals surface area contributed by atoms with E-state index >= 15 is 0 Å². The lowest BCUT2D eigenvalue weighted by Gasteiger charge is -2.23. The van der Waals surface area contributed by atoms with E-state index in [9.17, 15) is 9.59 Å². The van der Waals surface area contributed by atoms with Gasteiger partial charge in [-0.3, -0.25) is 9.59 Å². The van der Waals surface area contributed by atoms with Gasteiger partial charge in [-0.2, -0.15) is 0 Å². The van der Waals surface area contributed by atoms with Crippen LogP contribution in [0.3, 0.4) is 0 Å². The molecule has 0 aliphatic heterocycles. The summed E-state index contributed by atoms with van der Waals surface area (Å²) in [5, 5.41) is 6.12. The predicted molar refractivity (Wildman–Crippen MR) is 86.8 cm³/mol. The van der Waals surface area contributed by atoms with Crippen LogP contribution in [0.5, 0.6) is 0 Å². The van der Waals surface area contributed by atoms with Crippen LogP contribution in [0.25, 0.3) is 0 Å². The topological polar surface area (TPSA) is 84.2 Å². The zero-order valence-corrected chi connectivity index (χ0v) is 12.3. The summed E-state index contributed by atoms with van der Waals surface area (Å²) >= 11 is 0. The van der Waals surface area contributed by atoms with Crippen LogP contribution >= 0.6 is 0 Å². The average Bonchev–Trinajstić information content (AvgIpc) is 2.57. The first-order valence-corrected chi connectivity index (χ1v) is 7.16. The van der Waals surface area contributed by atoms with Crippen molar-refractivity contribution in [3.8, 4) is 0 Å². The summed E-state index contributed by atoms with van der Waals surface area (Å²) in [7, 11) is 1.74. The summed E-state index contributed by atoms with van der Waals surface area (Å²) in [5.74, 6) is -0.271. The van der Waals surface area contributed by atoms with Gasteiger partial charge in [-0.25, -0.2) is 0 Å². The maximum Gasteiger partial charge on any atom is 0.196 e. The summed E-state index contributed by atoms with van der Waals surface area (Å²) < 4.78 is 0. The third-order valence-electron chi connectivity index (χ3n) is 3.80. The zero-order valence-electron chi connectivity index (χ0n) is 12.3. The molecule has 0 spiro atoms. The first kappa shape index (κ1) is 14.3.